The van der Waals surface area contributed by atoms with Crippen LogP contribution in [-0.4, -0.2) is 6.54 Å². The van der Waals surface area contributed by atoms with Gasteiger partial charge in [-0.25, -0.2) is 0 Å². The molecule has 76 valence electrons. The molecule has 0 bridgehead atoms. The molecule has 0 aromatic heterocycles. The highest BCUT2D eigenvalue weighted by atomic mass is 35.5. The largest absolute Gasteiger partial charge is 0.381 e. The Hall–Kier alpha value is -0.660. The summed E-state index contributed by atoms with van der Waals surface area (Å²) in [6.07, 6.45) is 0. The predicted molar refractivity (Wildman–Crippen MR) is 64.1 cm³/mol. The SMILES string of the molecule is C/C(=C/Cl)CNc1ccccc1CCl. The number of hydrogen-bond donors (Lipinski definition) is 1. The molecular weight excluding hydrogens is 217 g/mol. The summed E-state index contributed by atoms with van der Waals surface area (Å²) in [6, 6.07) is 7.99. The first kappa shape index (κ1) is 11.4. The highest BCUT2D eigenvalue weighted by Crippen LogP contribution is 2.17. The monoisotopic (exact) mass is 229 g/mol. The average Bonchev–Trinajstić information content (AvgIpc) is 2.26. The second-order valence-electron chi connectivity index (χ2n) is 3.10. The number of halogens is 2. The van der Waals surface area contributed by atoms with E-state index < -0.39 is 0 Å². The molecule has 1 N–H and O–H groups in total. The van der Waals surface area contributed by atoms with Crippen LogP contribution < -0.4 is 5.32 Å². The molecule has 14 heavy (non-hydrogen) atoms. The lowest BCUT2D eigenvalue weighted by molar-refractivity contribution is 1.19. The lowest BCUT2D eigenvalue weighted by Crippen LogP contribution is -2.04. The molecule has 0 fully saturated rings. The molecule has 0 amide bonds. The van der Waals surface area contributed by atoms with Crippen LogP contribution in [0.3, 0.4) is 0 Å². The third kappa shape index (κ3) is 3.24. The van der Waals surface area contributed by atoms with Gasteiger partial charge in [0.15, 0.2) is 0 Å². The summed E-state index contributed by atoms with van der Waals surface area (Å²) < 4.78 is 0. The van der Waals surface area contributed by atoms with Crippen LogP contribution in [0.5, 0.6) is 0 Å². The van der Waals surface area contributed by atoms with Gasteiger partial charge in [0.1, 0.15) is 0 Å². The first-order valence-electron chi connectivity index (χ1n) is 4.41. The van der Waals surface area contributed by atoms with Gasteiger partial charge in [0.05, 0.1) is 0 Å². The molecule has 0 heterocycles. The van der Waals surface area contributed by atoms with Crippen molar-refractivity contribution < 1.29 is 0 Å². The van der Waals surface area contributed by atoms with Crippen molar-refractivity contribution in [1.29, 1.82) is 0 Å². The van der Waals surface area contributed by atoms with E-state index in [0.29, 0.717) is 5.88 Å². The molecule has 1 aromatic rings. The van der Waals surface area contributed by atoms with Gasteiger partial charge >= 0.3 is 0 Å². The van der Waals surface area contributed by atoms with Crippen molar-refractivity contribution in [2.45, 2.75) is 12.8 Å². The Morgan fingerprint density at radius 2 is 2.14 bits per heavy atom. The Morgan fingerprint density at radius 1 is 1.43 bits per heavy atom. The van der Waals surface area contributed by atoms with Crippen molar-refractivity contribution in [1.82, 2.24) is 0 Å². The molecule has 1 rings (SSSR count). The number of alkyl halides is 1. The van der Waals surface area contributed by atoms with Crippen molar-refractivity contribution in [3.8, 4) is 0 Å². The van der Waals surface area contributed by atoms with Crippen LogP contribution in [0.4, 0.5) is 5.69 Å². The van der Waals surface area contributed by atoms with E-state index in [0.717, 1.165) is 23.4 Å². The summed E-state index contributed by atoms with van der Waals surface area (Å²) >= 11 is 11.4. The summed E-state index contributed by atoms with van der Waals surface area (Å²) in [7, 11) is 0. The van der Waals surface area contributed by atoms with E-state index in [2.05, 4.69) is 5.32 Å². The van der Waals surface area contributed by atoms with Gasteiger partial charge in [-0.15, -0.1) is 11.6 Å². The van der Waals surface area contributed by atoms with Crippen LogP contribution in [-0.2, 0) is 5.88 Å². The van der Waals surface area contributed by atoms with Crippen molar-refractivity contribution >= 4 is 28.9 Å². The second kappa shape index (κ2) is 5.94. The summed E-state index contributed by atoms with van der Waals surface area (Å²) in [5.74, 6) is 0.521. The van der Waals surface area contributed by atoms with E-state index >= 15 is 0 Å². The Labute approximate surface area is 94.7 Å². The molecule has 0 atom stereocenters. The first-order chi connectivity index (χ1) is 6.77. The molecule has 0 aliphatic carbocycles. The molecule has 0 spiro atoms. The lowest BCUT2D eigenvalue weighted by atomic mass is 10.2. The Morgan fingerprint density at radius 3 is 2.79 bits per heavy atom. The smallest absolute Gasteiger partial charge is 0.0494 e. The lowest BCUT2D eigenvalue weighted by Gasteiger charge is -2.09. The fraction of sp³-hybridized carbons (Fsp3) is 0.273. The number of rotatable bonds is 4. The van der Waals surface area contributed by atoms with Crippen molar-refractivity contribution in [2.24, 2.45) is 0 Å². The molecule has 0 saturated carbocycles. The topological polar surface area (TPSA) is 12.0 Å². The number of anilines is 1. The van der Waals surface area contributed by atoms with Gasteiger partial charge in [-0.05, 0) is 24.1 Å². The van der Waals surface area contributed by atoms with Gasteiger partial charge in [-0.2, -0.15) is 0 Å². The normalized spacial score (nSPS) is 11.5. The van der Waals surface area contributed by atoms with E-state index in [9.17, 15) is 0 Å². The molecule has 0 aliphatic rings. The summed E-state index contributed by atoms with van der Waals surface area (Å²) in [4.78, 5) is 0. The minimum atomic E-state index is 0.521. The number of hydrogen-bond acceptors (Lipinski definition) is 1. The maximum atomic E-state index is 5.80. The number of para-hydroxylation sites is 1. The number of nitrogens with one attached hydrogen (secondary N) is 1. The van der Waals surface area contributed by atoms with E-state index in [4.69, 9.17) is 23.2 Å². The standard InChI is InChI=1S/C11H13Cl2N/c1-9(6-12)8-14-11-5-3-2-4-10(11)7-13/h2-6,14H,7-8H2,1H3/b9-6-. The van der Waals surface area contributed by atoms with Crippen LogP contribution in [0.15, 0.2) is 35.4 Å². The van der Waals surface area contributed by atoms with Gasteiger partial charge in [-0.1, -0.05) is 29.8 Å². The Kier molecular flexibility index (Phi) is 4.85. The second-order valence-corrected chi connectivity index (χ2v) is 3.59. The minimum Gasteiger partial charge on any atom is -0.381 e. The van der Waals surface area contributed by atoms with Crippen LogP contribution in [0.2, 0.25) is 0 Å². The molecule has 0 radical (unpaired) electrons. The van der Waals surface area contributed by atoms with Crippen LogP contribution in [0.1, 0.15) is 12.5 Å². The summed E-state index contributed by atoms with van der Waals surface area (Å²) in [6.45, 7) is 2.72. The molecule has 1 aromatic carbocycles. The van der Waals surface area contributed by atoms with Crippen LogP contribution >= 0.6 is 23.2 Å². The fourth-order valence-corrected chi connectivity index (χ4v) is 1.39. The average molecular weight is 230 g/mol. The summed E-state index contributed by atoms with van der Waals surface area (Å²) in [5.41, 5.74) is 4.85. The first-order valence-corrected chi connectivity index (χ1v) is 5.38. The zero-order valence-corrected chi connectivity index (χ0v) is 9.57. The quantitative estimate of drug-likeness (QED) is 0.771. The highest BCUT2D eigenvalue weighted by molar-refractivity contribution is 6.25. The van der Waals surface area contributed by atoms with E-state index in [1.165, 1.54) is 0 Å². The van der Waals surface area contributed by atoms with Gasteiger partial charge in [0.2, 0.25) is 0 Å². The van der Waals surface area contributed by atoms with Gasteiger partial charge < -0.3 is 5.32 Å². The van der Waals surface area contributed by atoms with Crippen molar-refractivity contribution in [3.63, 3.8) is 0 Å². The van der Waals surface area contributed by atoms with E-state index in [1.807, 2.05) is 31.2 Å². The Balaban J connectivity index is 2.66. The molecule has 0 unspecified atom stereocenters. The van der Waals surface area contributed by atoms with Gasteiger partial charge in [-0.3, -0.25) is 0 Å². The third-order valence-corrected chi connectivity index (χ3v) is 2.57. The zero-order valence-electron chi connectivity index (χ0n) is 8.06. The maximum absolute atomic E-state index is 5.80. The van der Waals surface area contributed by atoms with E-state index in [1.54, 1.807) is 5.54 Å². The van der Waals surface area contributed by atoms with Crippen LogP contribution in [0, 0.1) is 0 Å². The van der Waals surface area contributed by atoms with Crippen molar-refractivity contribution in [2.75, 3.05) is 11.9 Å². The minimum absolute atomic E-state index is 0.521. The van der Waals surface area contributed by atoms with Gasteiger partial charge in [0, 0.05) is 23.6 Å². The fourth-order valence-electron chi connectivity index (χ4n) is 1.08. The molecule has 3 heteroatoms. The van der Waals surface area contributed by atoms with Crippen molar-refractivity contribution in [3.05, 3.63) is 40.9 Å². The third-order valence-electron chi connectivity index (χ3n) is 1.91. The zero-order chi connectivity index (χ0) is 10.4. The highest BCUT2D eigenvalue weighted by Gasteiger charge is 1.98. The molecule has 1 nitrogen and oxygen atoms in total. The molecule has 0 aliphatic heterocycles. The van der Waals surface area contributed by atoms with Gasteiger partial charge in [0.25, 0.3) is 0 Å². The predicted octanol–water partition coefficient (Wildman–Crippen LogP) is 3.98. The molecule has 0 saturated heterocycles. The maximum Gasteiger partial charge on any atom is 0.0494 e. The summed E-state index contributed by atoms with van der Waals surface area (Å²) in [5, 5.41) is 3.28. The van der Waals surface area contributed by atoms with E-state index in [-0.39, 0.29) is 0 Å². The van der Waals surface area contributed by atoms with Crippen LogP contribution in [0.25, 0.3) is 0 Å². The Bertz CT molecular complexity index is 321. The molecular formula is C11H13Cl2N. The number of benzene rings is 1.